The van der Waals surface area contributed by atoms with Crippen LogP contribution < -0.4 is 11.1 Å². The van der Waals surface area contributed by atoms with E-state index in [2.05, 4.69) is 0 Å². The zero-order valence-electron chi connectivity index (χ0n) is 11.6. The van der Waals surface area contributed by atoms with Gasteiger partial charge in [-0.15, -0.1) is 11.8 Å². The first-order valence-electron chi connectivity index (χ1n) is 6.41. The topological polar surface area (TPSA) is 98.5 Å². The highest BCUT2D eigenvalue weighted by Crippen LogP contribution is 2.23. The second-order valence-corrected chi connectivity index (χ2v) is 5.42. The maximum atomic E-state index is 11.5. The summed E-state index contributed by atoms with van der Waals surface area (Å²) in [5, 5.41) is 4.02. The van der Waals surface area contributed by atoms with Crippen LogP contribution in [0.5, 0.6) is 0 Å². The average Bonchev–Trinajstić information content (AvgIpc) is 2.50. The molecule has 6 nitrogen and oxygen atoms in total. The lowest BCUT2D eigenvalue weighted by Gasteiger charge is -2.05. The number of urea groups is 1. The van der Waals surface area contributed by atoms with Gasteiger partial charge in [-0.25, -0.2) is 4.79 Å². The van der Waals surface area contributed by atoms with Crippen LogP contribution in [-0.4, -0.2) is 30.3 Å². The van der Waals surface area contributed by atoms with Gasteiger partial charge in [-0.05, 0) is 22.9 Å². The van der Waals surface area contributed by atoms with Crippen LogP contribution in [0.4, 0.5) is 4.79 Å². The first-order valence-corrected chi connectivity index (χ1v) is 7.39. The number of nitrogens with two attached hydrogens (primary N) is 1. The van der Waals surface area contributed by atoms with Crippen LogP contribution in [0.15, 0.2) is 47.4 Å². The Labute approximate surface area is 131 Å². The number of carbonyl (C=O) groups excluding carboxylic acids is 3. The maximum Gasteiger partial charge on any atom is 0.318 e. The molecule has 2 rings (SSSR count). The van der Waals surface area contributed by atoms with Crippen molar-refractivity contribution in [3.05, 3.63) is 42.5 Å². The van der Waals surface area contributed by atoms with E-state index in [1.807, 2.05) is 47.8 Å². The van der Waals surface area contributed by atoms with Crippen molar-refractivity contribution in [2.45, 2.75) is 4.90 Å². The summed E-state index contributed by atoms with van der Waals surface area (Å²) in [7, 11) is 0. The lowest BCUT2D eigenvalue weighted by atomic mass is 10.1. The van der Waals surface area contributed by atoms with Gasteiger partial charge in [0.15, 0.2) is 6.61 Å². The Morgan fingerprint density at radius 3 is 2.55 bits per heavy atom. The van der Waals surface area contributed by atoms with Crippen LogP contribution in [0.1, 0.15) is 0 Å². The second kappa shape index (κ2) is 7.46. The average molecular weight is 318 g/mol. The molecule has 0 aliphatic heterocycles. The molecule has 0 atom stereocenters. The van der Waals surface area contributed by atoms with E-state index in [1.54, 1.807) is 0 Å². The van der Waals surface area contributed by atoms with Crippen molar-refractivity contribution in [3.8, 4) is 0 Å². The smallest absolute Gasteiger partial charge is 0.318 e. The summed E-state index contributed by atoms with van der Waals surface area (Å²) in [4.78, 5) is 34.0. The first kappa shape index (κ1) is 15.8. The zero-order valence-corrected chi connectivity index (χ0v) is 12.4. The van der Waals surface area contributed by atoms with E-state index in [9.17, 15) is 14.4 Å². The number of carbonyl (C=O) groups is 3. The highest BCUT2D eigenvalue weighted by atomic mass is 32.2. The van der Waals surface area contributed by atoms with Crippen molar-refractivity contribution in [1.82, 2.24) is 5.32 Å². The number of thioether (sulfide) groups is 1. The summed E-state index contributed by atoms with van der Waals surface area (Å²) in [6, 6.07) is 12.8. The normalized spacial score (nSPS) is 10.2. The van der Waals surface area contributed by atoms with Crippen molar-refractivity contribution >= 4 is 40.4 Å². The van der Waals surface area contributed by atoms with Crippen LogP contribution in [0, 0.1) is 0 Å². The van der Waals surface area contributed by atoms with Gasteiger partial charge >= 0.3 is 12.0 Å². The lowest BCUT2D eigenvalue weighted by molar-refractivity contribution is -0.145. The Hall–Kier alpha value is -2.54. The largest absolute Gasteiger partial charge is 0.455 e. The van der Waals surface area contributed by atoms with E-state index in [1.165, 1.54) is 11.8 Å². The van der Waals surface area contributed by atoms with E-state index in [0.29, 0.717) is 0 Å². The van der Waals surface area contributed by atoms with Gasteiger partial charge in [0.25, 0.3) is 5.91 Å². The molecule has 0 bridgehead atoms. The Bertz CT molecular complexity index is 718. The molecule has 0 fully saturated rings. The molecular weight excluding hydrogens is 304 g/mol. The molecule has 0 aromatic heterocycles. The van der Waals surface area contributed by atoms with Gasteiger partial charge in [0, 0.05) is 4.90 Å². The standard InChI is InChI=1S/C15H14N2O4S/c16-15(20)17-13(18)8-21-14(19)9-22-12-6-5-10-3-1-2-4-11(10)7-12/h1-7H,8-9H2,(H3,16,17,18,20). The van der Waals surface area contributed by atoms with Gasteiger partial charge < -0.3 is 10.5 Å². The zero-order chi connectivity index (χ0) is 15.9. The molecule has 0 radical (unpaired) electrons. The number of ether oxygens (including phenoxy) is 1. The van der Waals surface area contributed by atoms with Gasteiger partial charge in [-0.1, -0.05) is 30.3 Å². The molecule has 0 saturated heterocycles. The lowest BCUT2D eigenvalue weighted by Crippen LogP contribution is -2.37. The molecular formula is C15H14N2O4S. The molecule has 7 heteroatoms. The number of benzene rings is 2. The molecule has 22 heavy (non-hydrogen) atoms. The Balaban J connectivity index is 1.82. The number of primary amides is 1. The van der Waals surface area contributed by atoms with Crippen LogP contribution in [0.3, 0.4) is 0 Å². The minimum absolute atomic E-state index is 0.0716. The summed E-state index contributed by atoms with van der Waals surface area (Å²) in [6.45, 7) is -0.528. The van der Waals surface area contributed by atoms with Gasteiger partial charge in [-0.2, -0.15) is 0 Å². The van der Waals surface area contributed by atoms with E-state index >= 15 is 0 Å². The fourth-order valence-corrected chi connectivity index (χ4v) is 2.50. The fraction of sp³-hybridized carbons (Fsp3) is 0.133. The molecule has 0 aliphatic carbocycles. The van der Waals surface area contributed by atoms with Crippen LogP contribution in [-0.2, 0) is 14.3 Å². The SMILES string of the molecule is NC(=O)NC(=O)COC(=O)CSc1ccc2ccccc2c1. The highest BCUT2D eigenvalue weighted by molar-refractivity contribution is 8.00. The van der Waals surface area contributed by atoms with Crippen molar-refractivity contribution < 1.29 is 19.1 Å². The summed E-state index contributed by atoms with van der Waals surface area (Å²) in [5.74, 6) is -1.23. The Morgan fingerprint density at radius 2 is 1.82 bits per heavy atom. The summed E-state index contributed by atoms with van der Waals surface area (Å²) in [6.07, 6.45) is 0. The minimum Gasteiger partial charge on any atom is -0.455 e. The summed E-state index contributed by atoms with van der Waals surface area (Å²) >= 11 is 1.31. The number of hydrogen-bond acceptors (Lipinski definition) is 5. The van der Waals surface area contributed by atoms with Crippen molar-refractivity contribution in [2.24, 2.45) is 5.73 Å². The van der Waals surface area contributed by atoms with E-state index in [4.69, 9.17) is 10.5 Å². The third kappa shape index (κ3) is 4.78. The van der Waals surface area contributed by atoms with Crippen LogP contribution in [0.2, 0.25) is 0 Å². The molecule has 114 valence electrons. The Kier molecular flexibility index (Phi) is 5.37. The number of rotatable bonds is 5. The first-order chi connectivity index (χ1) is 10.5. The van der Waals surface area contributed by atoms with Crippen LogP contribution >= 0.6 is 11.8 Å². The molecule has 0 saturated carbocycles. The van der Waals surface area contributed by atoms with E-state index in [0.717, 1.165) is 15.7 Å². The summed E-state index contributed by atoms with van der Waals surface area (Å²) < 4.78 is 4.73. The van der Waals surface area contributed by atoms with E-state index < -0.39 is 24.5 Å². The number of hydrogen-bond donors (Lipinski definition) is 2. The molecule has 3 N–H and O–H groups in total. The van der Waals surface area contributed by atoms with Crippen molar-refractivity contribution in [1.29, 1.82) is 0 Å². The van der Waals surface area contributed by atoms with Gasteiger partial charge in [0.05, 0.1) is 5.75 Å². The van der Waals surface area contributed by atoms with Crippen molar-refractivity contribution in [2.75, 3.05) is 12.4 Å². The third-order valence-corrected chi connectivity index (χ3v) is 3.67. The molecule has 0 unspecified atom stereocenters. The number of amides is 3. The molecule has 3 amide bonds. The third-order valence-electron chi connectivity index (χ3n) is 2.70. The number of fused-ring (bicyclic) bond motifs is 1. The highest BCUT2D eigenvalue weighted by Gasteiger charge is 2.09. The van der Waals surface area contributed by atoms with Gasteiger partial charge in [-0.3, -0.25) is 14.9 Å². The quantitative estimate of drug-likeness (QED) is 0.645. The molecule has 0 heterocycles. The Morgan fingerprint density at radius 1 is 1.09 bits per heavy atom. The fourth-order valence-electron chi connectivity index (χ4n) is 1.76. The van der Waals surface area contributed by atoms with Crippen molar-refractivity contribution in [3.63, 3.8) is 0 Å². The summed E-state index contributed by atoms with van der Waals surface area (Å²) in [5.41, 5.74) is 4.76. The van der Waals surface area contributed by atoms with E-state index in [-0.39, 0.29) is 5.75 Å². The predicted molar refractivity (Wildman–Crippen MR) is 83.4 cm³/mol. The second-order valence-electron chi connectivity index (χ2n) is 4.37. The van der Waals surface area contributed by atoms with Crippen LogP contribution in [0.25, 0.3) is 10.8 Å². The monoisotopic (exact) mass is 318 g/mol. The predicted octanol–water partition coefficient (Wildman–Crippen LogP) is 1.67. The minimum atomic E-state index is -0.980. The van der Waals surface area contributed by atoms with Gasteiger partial charge in [0.1, 0.15) is 0 Å². The number of nitrogens with one attached hydrogen (secondary N) is 1. The molecule has 0 spiro atoms. The number of esters is 1. The van der Waals surface area contributed by atoms with Gasteiger partial charge in [0.2, 0.25) is 0 Å². The molecule has 0 aliphatic rings. The molecule has 2 aromatic rings. The number of imide groups is 1. The maximum absolute atomic E-state index is 11.5. The molecule has 2 aromatic carbocycles.